The molecule has 156 valence electrons. The van der Waals surface area contributed by atoms with Gasteiger partial charge in [-0.3, -0.25) is 13.9 Å². The first-order valence-electron chi connectivity index (χ1n) is 9.23. The fourth-order valence-corrected chi connectivity index (χ4v) is 3.75. The van der Waals surface area contributed by atoms with Crippen LogP contribution in [0.5, 0.6) is 0 Å². The molecule has 0 aliphatic rings. The van der Waals surface area contributed by atoms with Gasteiger partial charge in [-0.1, -0.05) is 48.0 Å². The molecule has 2 aromatic rings. The van der Waals surface area contributed by atoms with Gasteiger partial charge in [-0.2, -0.15) is 0 Å². The normalized spacial score (nSPS) is 12.1. The van der Waals surface area contributed by atoms with Crippen LogP contribution >= 0.6 is 0 Å². The van der Waals surface area contributed by atoms with Crippen LogP contribution in [0.2, 0.25) is 0 Å². The van der Waals surface area contributed by atoms with E-state index >= 15 is 0 Å². The Kier molecular flexibility index (Phi) is 7.39. The van der Waals surface area contributed by atoms with E-state index in [2.05, 4.69) is 5.32 Å². The van der Waals surface area contributed by atoms with Gasteiger partial charge in [0.25, 0.3) is 0 Å². The lowest BCUT2D eigenvalue weighted by Crippen LogP contribution is -2.50. The molecule has 0 radical (unpaired) electrons. The maximum Gasteiger partial charge on any atom is 0.244 e. The van der Waals surface area contributed by atoms with Gasteiger partial charge < -0.3 is 10.2 Å². The predicted molar refractivity (Wildman–Crippen MR) is 114 cm³/mol. The summed E-state index contributed by atoms with van der Waals surface area (Å²) >= 11 is 0. The van der Waals surface area contributed by atoms with E-state index in [-0.39, 0.29) is 12.5 Å². The average molecular weight is 418 g/mol. The van der Waals surface area contributed by atoms with E-state index in [4.69, 9.17) is 0 Å². The standard InChI is InChI=1S/C21H27N3O4S/c1-16-10-12-19(13-11-16)24(29(4,27)28)15-20(25)23(17(2)21(26)22-3)14-18-8-6-5-7-9-18/h5-13,17H,14-15H2,1-4H3,(H,22,26)/t17-/m1/s1. The quantitative estimate of drug-likeness (QED) is 0.711. The molecule has 0 saturated carbocycles. The van der Waals surface area contributed by atoms with Crippen LogP contribution in [0.25, 0.3) is 0 Å². The lowest BCUT2D eigenvalue weighted by atomic mass is 10.1. The van der Waals surface area contributed by atoms with Crippen LogP contribution in [0, 0.1) is 6.92 Å². The van der Waals surface area contributed by atoms with Crippen LogP contribution in [0.1, 0.15) is 18.1 Å². The largest absolute Gasteiger partial charge is 0.357 e. The summed E-state index contributed by atoms with van der Waals surface area (Å²) < 4.78 is 25.8. The summed E-state index contributed by atoms with van der Waals surface area (Å²) in [5.41, 5.74) is 2.23. The molecule has 0 bridgehead atoms. The number of sulfonamides is 1. The van der Waals surface area contributed by atoms with Crippen molar-refractivity contribution in [1.29, 1.82) is 0 Å². The zero-order valence-electron chi connectivity index (χ0n) is 17.1. The van der Waals surface area contributed by atoms with Crippen LogP contribution in [-0.4, -0.2) is 51.0 Å². The Bertz CT molecular complexity index is 944. The first-order valence-corrected chi connectivity index (χ1v) is 11.1. The summed E-state index contributed by atoms with van der Waals surface area (Å²) in [6.07, 6.45) is 1.06. The van der Waals surface area contributed by atoms with Crippen molar-refractivity contribution >= 4 is 27.5 Å². The van der Waals surface area contributed by atoms with E-state index in [1.54, 1.807) is 31.2 Å². The van der Waals surface area contributed by atoms with Crippen LogP contribution in [-0.2, 0) is 26.2 Å². The van der Waals surface area contributed by atoms with E-state index in [0.29, 0.717) is 5.69 Å². The molecule has 0 saturated heterocycles. The Morgan fingerprint density at radius 2 is 1.62 bits per heavy atom. The van der Waals surface area contributed by atoms with E-state index in [0.717, 1.165) is 21.7 Å². The molecule has 0 fully saturated rings. The molecule has 2 rings (SSSR count). The number of hydrogen-bond acceptors (Lipinski definition) is 4. The maximum absolute atomic E-state index is 13.1. The SMILES string of the molecule is CNC(=O)[C@@H](C)N(Cc1ccccc1)C(=O)CN(c1ccc(C)cc1)S(C)(=O)=O. The van der Waals surface area contributed by atoms with Crippen LogP contribution in [0.15, 0.2) is 54.6 Å². The number of aryl methyl sites for hydroxylation is 1. The first kappa shape index (κ1) is 22.4. The monoisotopic (exact) mass is 417 g/mol. The van der Waals surface area contributed by atoms with Crippen molar-refractivity contribution in [2.75, 3.05) is 24.2 Å². The number of carbonyl (C=O) groups excluding carboxylic acids is 2. The van der Waals surface area contributed by atoms with Gasteiger partial charge in [0.2, 0.25) is 21.8 Å². The number of nitrogens with zero attached hydrogens (tertiary/aromatic N) is 2. The molecule has 8 heteroatoms. The molecule has 0 aliphatic heterocycles. The highest BCUT2D eigenvalue weighted by molar-refractivity contribution is 7.92. The third-order valence-corrected chi connectivity index (χ3v) is 5.75. The number of carbonyl (C=O) groups is 2. The highest BCUT2D eigenvalue weighted by atomic mass is 32.2. The molecule has 1 atom stereocenters. The third kappa shape index (κ3) is 6.05. The van der Waals surface area contributed by atoms with Crippen LogP contribution in [0.4, 0.5) is 5.69 Å². The summed E-state index contributed by atoms with van der Waals surface area (Å²) in [6.45, 7) is 3.32. The van der Waals surface area contributed by atoms with Crippen molar-refractivity contribution in [2.24, 2.45) is 0 Å². The average Bonchev–Trinajstić information content (AvgIpc) is 2.69. The number of hydrogen-bond donors (Lipinski definition) is 1. The highest BCUT2D eigenvalue weighted by Crippen LogP contribution is 2.19. The van der Waals surface area contributed by atoms with Crippen LogP contribution < -0.4 is 9.62 Å². The predicted octanol–water partition coefficient (Wildman–Crippen LogP) is 1.92. The molecule has 0 heterocycles. The summed E-state index contributed by atoms with van der Waals surface area (Å²) in [6, 6.07) is 15.4. The number of anilines is 1. The van der Waals surface area contributed by atoms with Crippen LogP contribution in [0.3, 0.4) is 0 Å². The number of benzene rings is 2. The van der Waals surface area contributed by atoms with Crippen molar-refractivity contribution in [3.05, 3.63) is 65.7 Å². The van der Waals surface area contributed by atoms with Gasteiger partial charge in [-0.25, -0.2) is 8.42 Å². The van der Waals surface area contributed by atoms with Crippen molar-refractivity contribution in [2.45, 2.75) is 26.4 Å². The van der Waals surface area contributed by atoms with Crippen molar-refractivity contribution in [1.82, 2.24) is 10.2 Å². The molecule has 0 aromatic heterocycles. The Morgan fingerprint density at radius 3 is 2.14 bits per heavy atom. The van der Waals surface area contributed by atoms with Gasteiger partial charge in [-0.05, 0) is 31.5 Å². The first-order chi connectivity index (χ1) is 13.6. The zero-order chi connectivity index (χ0) is 21.6. The Labute approximate surface area is 172 Å². The van der Waals surface area contributed by atoms with Gasteiger partial charge in [0.1, 0.15) is 12.6 Å². The minimum atomic E-state index is -3.70. The molecule has 2 amide bonds. The fourth-order valence-electron chi connectivity index (χ4n) is 2.90. The Hall–Kier alpha value is -2.87. The number of amides is 2. The molecular weight excluding hydrogens is 390 g/mol. The molecule has 7 nitrogen and oxygen atoms in total. The van der Waals surface area contributed by atoms with E-state index in [9.17, 15) is 18.0 Å². The smallest absolute Gasteiger partial charge is 0.244 e. The second-order valence-corrected chi connectivity index (χ2v) is 8.81. The number of likely N-dealkylation sites (N-methyl/N-ethyl adjacent to an activating group) is 1. The molecule has 1 N–H and O–H groups in total. The molecule has 0 spiro atoms. The van der Waals surface area contributed by atoms with Gasteiger partial charge in [0, 0.05) is 13.6 Å². The maximum atomic E-state index is 13.1. The summed E-state index contributed by atoms with van der Waals surface area (Å²) in [4.78, 5) is 26.7. The topological polar surface area (TPSA) is 86.8 Å². The number of rotatable bonds is 8. The highest BCUT2D eigenvalue weighted by Gasteiger charge is 2.29. The lowest BCUT2D eigenvalue weighted by molar-refractivity contribution is -0.139. The van der Waals surface area contributed by atoms with Gasteiger partial charge in [0.15, 0.2) is 0 Å². The van der Waals surface area contributed by atoms with Crippen molar-refractivity contribution in [3.63, 3.8) is 0 Å². The fraction of sp³-hybridized carbons (Fsp3) is 0.333. The minimum Gasteiger partial charge on any atom is -0.357 e. The molecule has 0 aliphatic carbocycles. The molecule has 0 unspecified atom stereocenters. The summed E-state index contributed by atoms with van der Waals surface area (Å²) in [7, 11) is -2.20. The van der Waals surface area contributed by atoms with Gasteiger partial charge in [0.05, 0.1) is 11.9 Å². The summed E-state index contributed by atoms with van der Waals surface area (Å²) in [5, 5.41) is 2.54. The molecule has 29 heavy (non-hydrogen) atoms. The Balaban J connectivity index is 2.34. The summed E-state index contributed by atoms with van der Waals surface area (Å²) in [5.74, 6) is -0.786. The van der Waals surface area contributed by atoms with E-state index in [1.165, 1.54) is 11.9 Å². The van der Waals surface area contributed by atoms with Gasteiger partial charge in [-0.15, -0.1) is 0 Å². The zero-order valence-corrected chi connectivity index (χ0v) is 17.9. The van der Waals surface area contributed by atoms with E-state index in [1.807, 2.05) is 37.3 Å². The minimum absolute atomic E-state index is 0.194. The van der Waals surface area contributed by atoms with Crippen molar-refractivity contribution < 1.29 is 18.0 Å². The number of nitrogens with one attached hydrogen (secondary N) is 1. The Morgan fingerprint density at radius 1 is 1.03 bits per heavy atom. The third-order valence-electron chi connectivity index (χ3n) is 4.61. The molecular formula is C21H27N3O4S. The van der Waals surface area contributed by atoms with E-state index < -0.39 is 28.5 Å². The second-order valence-electron chi connectivity index (χ2n) is 6.90. The van der Waals surface area contributed by atoms with Crippen molar-refractivity contribution in [3.8, 4) is 0 Å². The lowest BCUT2D eigenvalue weighted by Gasteiger charge is -2.31. The molecule has 2 aromatic carbocycles. The van der Waals surface area contributed by atoms with Gasteiger partial charge >= 0.3 is 0 Å². The second kappa shape index (κ2) is 9.56.